The predicted molar refractivity (Wildman–Crippen MR) is 113 cm³/mol. The standard InChI is InChI=1S/C24H27NO7/c1-22-9-12-10-24(11-22)8-5-15(27)23(2,20(24)19(12)32-22)7-6-16(28)25-17-14(26)4-3-13(18(17)29)21(30)31/h3-5,8,12,19-20,26,29H,6-7,9-11H2,1-2H3,(H,25,28)(H,30,31). The molecule has 32 heavy (non-hydrogen) atoms. The van der Waals surface area contributed by atoms with E-state index < -0.39 is 34.4 Å². The fraction of sp³-hybridized carbons (Fsp3) is 0.542. The van der Waals surface area contributed by atoms with E-state index in [4.69, 9.17) is 9.84 Å². The molecule has 1 aromatic carbocycles. The molecule has 4 fully saturated rings. The van der Waals surface area contributed by atoms with Gasteiger partial charge in [-0.3, -0.25) is 9.59 Å². The lowest BCUT2D eigenvalue weighted by Gasteiger charge is -2.54. The van der Waals surface area contributed by atoms with E-state index in [1.54, 1.807) is 6.08 Å². The van der Waals surface area contributed by atoms with Crippen LogP contribution >= 0.6 is 0 Å². The Morgan fingerprint density at radius 1 is 1.22 bits per heavy atom. The first kappa shape index (κ1) is 21.0. The third-order valence-electron chi connectivity index (χ3n) is 8.21. The minimum absolute atomic E-state index is 0.00996. The van der Waals surface area contributed by atoms with Crippen LogP contribution in [-0.2, 0) is 14.3 Å². The lowest BCUT2D eigenvalue weighted by Crippen LogP contribution is -2.55. The summed E-state index contributed by atoms with van der Waals surface area (Å²) in [7, 11) is 0. The summed E-state index contributed by atoms with van der Waals surface area (Å²) in [6.45, 7) is 4.06. The summed E-state index contributed by atoms with van der Waals surface area (Å²) in [4.78, 5) is 37.0. The molecule has 170 valence electrons. The molecule has 2 saturated carbocycles. The first-order valence-corrected chi connectivity index (χ1v) is 11.0. The van der Waals surface area contributed by atoms with E-state index >= 15 is 0 Å². The molecule has 6 rings (SSSR count). The molecular formula is C24H27NO7. The highest BCUT2D eigenvalue weighted by molar-refractivity contribution is 6.00. The zero-order valence-electron chi connectivity index (χ0n) is 18.1. The van der Waals surface area contributed by atoms with E-state index in [9.17, 15) is 24.6 Å². The molecular weight excluding hydrogens is 414 g/mol. The predicted octanol–water partition coefficient (Wildman–Crippen LogP) is 3.23. The summed E-state index contributed by atoms with van der Waals surface area (Å²) >= 11 is 0. The van der Waals surface area contributed by atoms with Crippen LogP contribution in [0.15, 0.2) is 24.3 Å². The van der Waals surface area contributed by atoms with E-state index in [0.717, 1.165) is 31.4 Å². The van der Waals surface area contributed by atoms with Crippen molar-refractivity contribution in [2.24, 2.45) is 22.7 Å². The Labute approximate surface area is 185 Å². The molecule has 2 heterocycles. The van der Waals surface area contributed by atoms with Crippen molar-refractivity contribution in [1.82, 2.24) is 0 Å². The molecule has 1 aromatic rings. The second kappa shape index (κ2) is 6.57. The van der Waals surface area contributed by atoms with Crippen LogP contribution < -0.4 is 5.32 Å². The maximum absolute atomic E-state index is 13.1. The molecule has 6 unspecified atom stereocenters. The molecule has 6 atom stereocenters. The highest BCUT2D eigenvalue weighted by Crippen LogP contribution is 2.71. The fourth-order valence-electron chi connectivity index (χ4n) is 7.15. The number of benzene rings is 1. The average molecular weight is 441 g/mol. The summed E-state index contributed by atoms with van der Waals surface area (Å²) in [5.41, 5.74) is -1.75. The second-order valence-electron chi connectivity index (χ2n) is 10.4. The number of aromatic carboxylic acids is 1. The summed E-state index contributed by atoms with van der Waals surface area (Å²) < 4.78 is 6.41. The van der Waals surface area contributed by atoms with Gasteiger partial charge in [-0.25, -0.2) is 4.79 Å². The Morgan fingerprint density at radius 3 is 2.69 bits per heavy atom. The van der Waals surface area contributed by atoms with E-state index in [0.29, 0.717) is 5.92 Å². The summed E-state index contributed by atoms with van der Waals surface area (Å²) in [6, 6.07) is 2.16. The molecule has 3 aliphatic carbocycles. The molecule has 2 aliphatic heterocycles. The van der Waals surface area contributed by atoms with Crippen LogP contribution in [-0.4, -0.2) is 44.7 Å². The number of carbonyl (C=O) groups excluding carboxylic acids is 2. The number of phenols is 2. The molecule has 4 bridgehead atoms. The van der Waals surface area contributed by atoms with Gasteiger partial charge in [-0.15, -0.1) is 0 Å². The topological polar surface area (TPSA) is 133 Å². The van der Waals surface area contributed by atoms with Gasteiger partial charge >= 0.3 is 5.97 Å². The van der Waals surface area contributed by atoms with Gasteiger partial charge in [-0.05, 0) is 62.1 Å². The van der Waals surface area contributed by atoms with Crippen molar-refractivity contribution in [3.63, 3.8) is 0 Å². The largest absolute Gasteiger partial charge is 0.506 e. The third kappa shape index (κ3) is 2.81. The molecule has 0 radical (unpaired) electrons. The van der Waals surface area contributed by atoms with Gasteiger partial charge < -0.3 is 25.4 Å². The van der Waals surface area contributed by atoms with Gasteiger partial charge in [0.25, 0.3) is 0 Å². The van der Waals surface area contributed by atoms with Crippen molar-refractivity contribution in [2.45, 2.75) is 57.7 Å². The summed E-state index contributed by atoms with van der Waals surface area (Å²) in [5, 5.41) is 31.7. The summed E-state index contributed by atoms with van der Waals surface area (Å²) in [5.74, 6) is -2.61. The molecule has 8 nitrogen and oxygen atoms in total. The number of allylic oxidation sites excluding steroid dienone is 2. The highest BCUT2D eigenvalue weighted by Gasteiger charge is 2.71. The molecule has 1 spiro atoms. The molecule has 0 aromatic heterocycles. The Morgan fingerprint density at radius 2 is 1.97 bits per heavy atom. The average Bonchev–Trinajstić information content (AvgIpc) is 3.08. The van der Waals surface area contributed by atoms with Crippen molar-refractivity contribution in [2.75, 3.05) is 5.32 Å². The van der Waals surface area contributed by atoms with Crippen LogP contribution in [0.5, 0.6) is 11.5 Å². The number of nitrogens with one attached hydrogen (secondary N) is 1. The number of aromatic hydroxyl groups is 2. The van der Waals surface area contributed by atoms with Gasteiger partial charge in [0, 0.05) is 17.8 Å². The number of carboxylic acids is 1. The number of hydrogen-bond donors (Lipinski definition) is 4. The number of rotatable bonds is 5. The number of hydrogen-bond acceptors (Lipinski definition) is 6. The van der Waals surface area contributed by atoms with Gasteiger partial charge in [-0.2, -0.15) is 0 Å². The second-order valence-corrected chi connectivity index (χ2v) is 10.4. The van der Waals surface area contributed by atoms with Gasteiger partial charge in [0.15, 0.2) is 11.5 Å². The van der Waals surface area contributed by atoms with E-state index in [1.807, 2.05) is 6.92 Å². The van der Waals surface area contributed by atoms with Crippen LogP contribution in [0.4, 0.5) is 5.69 Å². The Hall–Kier alpha value is -2.87. The number of amides is 1. The zero-order chi connectivity index (χ0) is 23.1. The Kier molecular flexibility index (Phi) is 4.31. The number of anilines is 1. The Balaban J connectivity index is 1.36. The van der Waals surface area contributed by atoms with Crippen molar-refractivity contribution in [1.29, 1.82) is 0 Å². The van der Waals surface area contributed by atoms with Crippen molar-refractivity contribution in [3.05, 3.63) is 29.8 Å². The molecule has 2 saturated heterocycles. The van der Waals surface area contributed by atoms with Crippen LogP contribution in [0.25, 0.3) is 0 Å². The number of phenolic OH excluding ortho intramolecular Hbond substituents is 1. The lowest BCUT2D eigenvalue weighted by molar-refractivity contribution is -0.169. The van der Waals surface area contributed by atoms with E-state index in [2.05, 4.69) is 18.3 Å². The number of carbonyl (C=O) groups is 3. The van der Waals surface area contributed by atoms with Crippen LogP contribution in [0.1, 0.15) is 56.3 Å². The van der Waals surface area contributed by atoms with Gasteiger partial charge in [-0.1, -0.05) is 13.0 Å². The maximum Gasteiger partial charge on any atom is 0.339 e. The quantitative estimate of drug-likeness (QED) is 0.516. The van der Waals surface area contributed by atoms with E-state index in [-0.39, 0.29) is 47.4 Å². The first-order chi connectivity index (χ1) is 15.0. The normalized spacial score (nSPS) is 38.7. The zero-order valence-corrected chi connectivity index (χ0v) is 18.1. The van der Waals surface area contributed by atoms with E-state index in [1.165, 1.54) is 0 Å². The van der Waals surface area contributed by atoms with Gasteiger partial charge in [0.2, 0.25) is 5.91 Å². The van der Waals surface area contributed by atoms with Crippen molar-refractivity contribution < 1.29 is 34.4 Å². The first-order valence-electron chi connectivity index (χ1n) is 11.0. The number of carboxylic acid groups (broad SMARTS) is 1. The third-order valence-corrected chi connectivity index (χ3v) is 8.21. The molecule has 5 aliphatic rings. The molecule has 8 heteroatoms. The maximum atomic E-state index is 13.1. The minimum Gasteiger partial charge on any atom is -0.506 e. The Bertz CT molecular complexity index is 1080. The number of ether oxygens (including phenoxy) is 1. The number of ketones is 1. The smallest absolute Gasteiger partial charge is 0.339 e. The lowest BCUT2D eigenvalue weighted by atomic mass is 9.53. The van der Waals surface area contributed by atoms with Gasteiger partial charge in [0.1, 0.15) is 17.0 Å². The van der Waals surface area contributed by atoms with Crippen LogP contribution in [0, 0.1) is 22.7 Å². The molecule has 4 N–H and O–H groups in total. The highest BCUT2D eigenvalue weighted by atomic mass is 16.5. The summed E-state index contributed by atoms with van der Waals surface area (Å²) in [6.07, 6.45) is 6.94. The fourth-order valence-corrected chi connectivity index (χ4v) is 7.15. The SMILES string of the molecule is CC12CC3CC4(C=CC(=O)C(C)(CCC(=O)Nc5c(O)ccc(C(=O)O)c5O)C4C3O1)C2. The van der Waals surface area contributed by atoms with Crippen LogP contribution in [0.3, 0.4) is 0 Å². The monoisotopic (exact) mass is 441 g/mol. The van der Waals surface area contributed by atoms with Crippen molar-refractivity contribution in [3.8, 4) is 11.5 Å². The van der Waals surface area contributed by atoms with Gasteiger partial charge in [0.05, 0.1) is 11.7 Å². The minimum atomic E-state index is -1.38. The van der Waals surface area contributed by atoms with Crippen molar-refractivity contribution >= 4 is 23.3 Å². The molecule has 1 amide bonds. The van der Waals surface area contributed by atoms with Crippen LogP contribution in [0.2, 0.25) is 0 Å².